The highest BCUT2D eigenvalue weighted by Crippen LogP contribution is 2.45. The molecule has 0 bridgehead atoms. The predicted molar refractivity (Wildman–Crippen MR) is 372 cm³/mol. The van der Waals surface area contributed by atoms with E-state index in [2.05, 4.69) is 58.9 Å². The first kappa shape index (κ1) is 89.5. The lowest BCUT2D eigenvalue weighted by Crippen LogP contribution is -2.30. The van der Waals surface area contributed by atoms with Crippen LogP contribution in [-0.2, 0) is 65.4 Å². The molecule has 0 amide bonds. The molecule has 17 nitrogen and oxygen atoms in total. The summed E-state index contributed by atoms with van der Waals surface area (Å²) in [5.41, 5.74) is 0. The second-order valence-electron chi connectivity index (χ2n) is 26.1. The van der Waals surface area contributed by atoms with Gasteiger partial charge in [-0.15, -0.1) is 0 Å². The summed E-state index contributed by atoms with van der Waals surface area (Å²) in [4.78, 5) is 72.4. The van der Waals surface area contributed by atoms with Crippen molar-refractivity contribution < 1.29 is 80.2 Å². The molecule has 0 fully saturated rings. The zero-order valence-corrected chi connectivity index (χ0v) is 61.0. The van der Waals surface area contributed by atoms with Gasteiger partial charge in [-0.25, -0.2) is 9.13 Å². The van der Waals surface area contributed by atoms with Crippen LogP contribution in [0.5, 0.6) is 0 Å². The average molecular weight is 1350 g/mol. The summed E-state index contributed by atoms with van der Waals surface area (Å²) in [6.45, 7) is 7.14. The van der Waals surface area contributed by atoms with Gasteiger partial charge in [0.05, 0.1) is 26.4 Å². The van der Waals surface area contributed by atoms with Crippen molar-refractivity contribution in [2.45, 2.75) is 374 Å². The van der Waals surface area contributed by atoms with Crippen molar-refractivity contribution in [1.29, 1.82) is 0 Å². The van der Waals surface area contributed by atoms with E-state index >= 15 is 0 Å². The quantitative estimate of drug-likeness (QED) is 0.0169. The normalized spacial score (nSPS) is 14.2. The van der Waals surface area contributed by atoms with Crippen molar-refractivity contribution in [2.24, 2.45) is 5.92 Å². The highest BCUT2D eigenvalue weighted by atomic mass is 31.2. The van der Waals surface area contributed by atoms with Gasteiger partial charge in [-0.3, -0.25) is 37.3 Å². The van der Waals surface area contributed by atoms with Gasteiger partial charge >= 0.3 is 39.5 Å². The molecule has 0 aromatic rings. The Morgan fingerprint density at radius 2 is 0.587 bits per heavy atom. The number of hydrogen-bond donors (Lipinski definition) is 3. The van der Waals surface area contributed by atoms with E-state index < -0.39 is 97.5 Å². The van der Waals surface area contributed by atoms with Crippen molar-refractivity contribution in [3.05, 3.63) is 24.3 Å². The maximum absolute atomic E-state index is 13.0. The van der Waals surface area contributed by atoms with E-state index in [1.807, 2.05) is 0 Å². The lowest BCUT2D eigenvalue weighted by atomic mass is 10.0. The van der Waals surface area contributed by atoms with Crippen molar-refractivity contribution in [2.75, 3.05) is 39.6 Å². The number of carbonyl (C=O) groups excluding carboxylic acids is 4. The lowest BCUT2D eigenvalue weighted by Gasteiger charge is -2.21. The summed E-state index contributed by atoms with van der Waals surface area (Å²) in [5, 5.41) is 10.6. The van der Waals surface area contributed by atoms with E-state index in [-0.39, 0.29) is 25.7 Å². The number of aliphatic hydroxyl groups is 1. The van der Waals surface area contributed by atoms with Gasteiger partial charge in [-0.05, 0) is 57.3 Å². The van der Waals surface area contributed by atoms with Crippen LogP contribution in [0.2, 0.25) is 0 Å². The third kappa shape index (κ3) is 66.2. The molecule has 0 radical (unpaired) electrons. The third-order valence-electron chi connectivity index (χ3n) is 16.4. The second kappa shape index (κ2) is 65.8. The minimum absolute atomic E-state index is 0.101. The van der Waals surface area contributed by atoms with Crippen LogP contribution in [0.25, 0.3) is 0 Å². The minimum atomic E-state index is -4.96. The van der Waals surface area contributed by atoms with Crippen molar-refractivity contribution in [3.8, 4) is 0 Å². The maximum Gasteiger partial charge on any atom is 0.472 e. The van der Waals surface area contributed by atoms with E-state index in [4.69, 9.17) is 37.0 Å². The Balaban J connectivity index is 5.18. The highest BCUT2D eigenvalue weighted by molar-refractivity contribution is 7.47. The van der Waals surface area contributed by atoms with Gasteiger partial charge in [-0.1, -0.05) is 303 Å². The number of ether oxygens (including phenoxy) is 4. The molecule has 5 atom stereocenters. The fraction of sp³-hybridized carbons (Fsp3) is 0.890. The zero-order valence-electron chi connectivity index (χ0n) is 59.2. The monoisotopic (exact) mass is 1350 g/mol. The van der Waals surface area contributed by atoms with Gasteiger partial charge in [0.1, 0.15) is 19.3 Å². The number of hydrogen-bond acceptors (Lipinski definition) is 15. The van der Waals surface area contributed by atoms with Crippen LogP contribution in [0.3, 0.4) is 0 Å². The topological polar surface area (TPSA) is 237 Å². The number of phosphoric ester groups is 2. The molecule has 0 heterocycles. The molecule has 92 heavy (non-hydrogen) atoms. The molecule has 0 saturated carbocycles. The summed E-state index contributed by atoms with van der Waals surface area (Å²) in [5.74, 6) is -1.37. The fourth-order valence-electron chi connectivity index (χ4n) is 10.6. The Labute approximate surface area is 561 Å². The summed E-state index contributed by atoms with van der Waals surface area (Å²) in [6, 6.07) is 0. The standard InChI is InChI=1S/C73H138O17P2/c1-6-9-12-15-17-19-21-23-25-30-34-38-42-47-52-57-71(76)84-63-69(90-73(78)59-54-49-44-40-36-32-28-27-29-33-37-41-46-50-55-66(4)5)65-88-92(81,82)86-61-67(74)60-85-91(79,80)87-64-68(62-83-70(75)56-51-45-14-11-8-3)89-72(77)58-53-48-43-39-35-31-26-24-22-20-18-16-13-10-7-2/h19,21,23,25,66-69,74H,6-18,20,22,24,26-65H2,1-5H3,(H,79,80)(H,81,82)/b21-19-,25-23-/t67-,68+,69+/m0/s1. The number of unbranched alkanes of at least 4 members (excludes halogenated alkanes) is 40. The Kier molecular flexibility index (Phi) is 64.0. The predicted octanol–water partition coefficient (Wildman–Crippen LogP) is 20.9. The first-order valence-corrected chi connectivity index (χ1v) is 40.4. The number of phosphoric acid groups is 2. The van der Waals surface area contributed by atoms with Gasteiger partial charge in [0.15, 0.2) is 12.2 Å². The van der Waals surface area contributed by atoms with E-state index in [1.54, 1.807) is 0 Å². The van der Waals surface area contributed by atoms with Gasteiger partial charge in [-0.2, -0.15) is 0 Å². The molecule has 0 rings (SSSR count). The number of esters is 4. The van der Waals surface area contributed by atoms with E-state index in [0.717, 1.165) is 121 Å². The molecule has 0 aliphatic carbocycles. The first-order valence-electron chi connectivity index (χ1n) is 37.5. The van der Waals surface area contributed by atoms with Crippen LogP contribution in [0.4, 0.5) is 0 Å². The zero-order chi connectivity index (χ0) is 67.7. The van der Waals surface area contributed by atoms with Crippen molar-refractivity contribution in [3.63, 3.8) is 0 Å². The number of rotatable bonds is 71. The lowest BCUT2D eigenvalue weighted by molar-refractivity contribution is -0.161. The van der Waals surface area contributed by atoms with Crippen LogP contribution in [0, 0.1) is 5.92 Å². The summed E-state index contributed by atoms with van der Waals surface area (Å²) in [7, 11) is -9.91. The van der Waals surface area contributed by atoms with Crippen molar-refractivity contribution >= 4 is 39.5 Å². The van der Waals surface area contributed by atoms with Crippen LogP contribution in [0.15, 0.2) is 24.3 Å². The van der Waals surface area contributed by atoms with E-state index in [0.29, 0.717) is 25.7 Å². The third-order valence-corrected chi connectivity index (χ3v) is 18.3. The van der Waals surface area contributed by atoms with Crippen LogP contribution >= 0.6 is 15.6 Å². The molecule has 19 heteroatoms. The van der Waals surface area contributed by atoms with Crippen LogP contribution in [0.1, 0.15) is 356 Å². The molecule has 0 aromatic carbocycles. The molecule has 0 aromatic heterocycles. The number of allylic oxidation sites excluding steroid dienone is 4. The fourth-order valence-corrected chi connectivity index (χ4v) is 12.2. The van der Waals surface area contributed by atoms with Crippen molar-refractivity contribution in [1.82, 2.24) is 0 Å². The molecule has 0 aliphatic rings. The molecular weight excluding hydrogens is 1210 g/mol. The number of carbonyl (C=O) groups is 4. The second-order valence-corrected chi connectivity index (χ2v) is 29.0. The molecule has 542 valence electrons. The summed E-state index contributed by atoms with van der Waals surface area (Å²) < 4.78 is 68.2. The first-order chi connectivity index (χ1) is 44.5. The molecule has 0 saturated heterocycles. The largest absolute Gasteiger partial charge is 0.472 e. The van der Waals surface area contributed by atoms with Crippen LogP contribution in [-0.4, -0.2) is 96.7 Å². The molecule has 0 spiro atoms. The maximum atomic E-state index is 13.0. The smallest absolute Gasteiger partial charge is 0.462 e. The van der Waals surface area contributed by atoms with Gasteiger partial charge < -0.3 is 33.8 Å². The Hall–Kier alpha value is -2.46. The average Bonchev–Trinajstić information content (AvgIpc) is 3.28. The van der Waals surface area contributed by atoms with Gasteiger partial charge in [0, 0.05) is 25.7 Å². The summed E-state index contributed by atoms with van der Waals surface area (Å²) >= 11 is 0. The Morgan fingerprint density at radius 1 is 0.337 bits per heavy atom. The van der Waals surface area contributed by atoms with Crippen LogP contribution < -0.4 is 0 Å². The van der Waals surface area contributed by atoms with Gasteiger partial charge in [0.2, 0.25) is 0 Å². The SMILES string of the molecule is CCCCCC/C=C\C=C/CCCCCCCC(=O)OC[C@H](COP(=O)(O)OC[C@@H](O)COP(=O)(O)OC[C@@H](COC(=O)CCCCCCC)OC(=O)CCCCCCCCCCCCCCCCC)OC(=O)CCCCCCCCCCCCCCCCC(C)C. The summed E-state index contributed by atoms with van der Waals surface area (Å²) in [6.07, 6.45) is 56.6. The molecular formula is C73H138O17P2. The Bertz CT molecular complexity index is 1860. The molecule has 3 N–H and O–H groups in total. The van der Waals surface area contributed by atoms with E-state index in [9.17, 15) is 43.2 Å². The molecule has 0 aliphatic heterocycles. The minimum Gasteiger partial charge on any atom is -0.462 e. The molecule has 2 unspecified atom stereocenters. The highest BCUT2D eigenvalue weighted by Gasteiger charge is 2.30. The number of aliphatic hydroxyl groups excluding tert-OH is 1. The van der Waals surface area contributed by atoms with Gasteiger partial charge in [0.25, 0.3) is 0 Å². The Morgan fingerprint density at radius 3 is 0.891 bits per heavy atom. The van der Waals surface area contributed by atoms with E-state index in [1.165, 1.54) is 154 Å².